The highest BCUT2D eigenvalue weighted by molar-refractivity contribution is 9.09. The van der Waals surface area contributed by atoms with Gasteiger partial charge in [-0.2, -0.15) is 0 Å². The molecule has 1 aromatic carbocycles. The van der Waals surface area contributed by atoms with Crippen molar-refractivity contribution in [3.05, 3.63) is 35.4 Å². The van der Waals surface area contributed by atoms with Crippen LogP contribution in [-0.2, 0) is 0 Å². The van der Waals surface area contributed by atoms with E-state index in [1.54, 1.807) is 0 Å². The number of Topliss-reactive ketones (excluding diaryl/α,β-unsaturated/α-hetero) is 1. The predicted molar refractivity (Wildman–Crippen MR) is 67.6 cm³/mol. The zero-order valence-electron chi connectivity index (χ0n) is 9.46. The van der Waals surface area contributed by atoms with E-state index in [0.29, 0.717) is 17.2 Å². The Bertz CT molecular complexity index is 327. The molecule has 0 saturated carbocycles. The number of carbonyl (C=O) groups is 1. The van der Waals surface area contributed by atoms with Gasteiger partial charge in [0.25, 0.3) is 0 Å². The van der Waals surface area contributed by atoms with Crippen LogP contribution in [0.25, 0.3) is 0 Å². The summed E-state index contributed by atoms with van der Waals surface area (Å²) >= 11 is 3.64. The number of benzene rings is 1. The van der Waals surface area contributed by atoms with Crippen LogP contribution in [0.4, 0.5) is 0 Å². The van der Waals surface area contributed by atoms with Gasteiger partial charge in [0.05, 0.1) is 0 Å². The molecule has 1 nitrogen and oxygen atoms in total. The Hall–Kier alpha value is -0.630. The maximum absolute atomic E-state index is 11.4. The maximum atomic E-state index is 11.4. The Labute approximate surface area is 100 Å². The lowest BCUT2D eigenvalue weighted by Crippen LogP contribution is -2.00. The molecule has 1 aromatic rings. The van der Waals surface area contributed by atoms with Gasteiger partial charge in [-0.3, -0.25) is 4.79 Å². The summed E-state index contributed by atoms with van der Waals surface area (Å²) < 4.78 is 0. The predicted octanol–water partition coefficient (Wildman–Crippen LogP) is 4.37. The lowest BCUT2D eigenvalue weighted by Gasteiger charge is -2.14. The van der Waals surface area contributed by atoms with E-state index in [4.69, 9.17) is 0 Å². The van der Waals surface area contributed by atoms with Gasteiger partial charge in [-0.15, -0.1) is 0 Å². The summed E-state index contributed by atoms with van der Waals surface area (Å²) in [6, 6.07) is 7.89. The van der Waals surface area contributed by atoms with Crippen LogP contribution in [0.5, 0.6) is 0 Å². The van der Waals surface area contributed by atoms with Gasteiger partial charge < -0.3 is 0 Å². The van der Waals surface area contributed by atoms with Crippen LogP contribution in [0, 0.1) is 5.92 Å². The lowest BCUT2D eigenvalue weighted by molar-refractivity contribution is 0.0988. The Morgan fingerprint density at radius 1 is 1.27 bits per heavy atom. The van der Waals surface area contributed by atoms with E-state index >= 15 is 0 Å². The largest absolute Gasteiger partial charge is 0.294 e. The molecule has 0 aliphatic heterocycles. The van der Waals surface area contributed by atoms with Crippen molar-refractivity contribution in [2.45, 2.75) is 32.0 Å². The van der Waals surface area contributed by atoms with Crippen molar-refractivity contribution in [3.63, 3.8) is 0 Å². The van der Waals surface area contributed by atoms with Gasteiger partial charge >= 0.3 is 0 Å². The van der Waals surface area contributed by atoms with Crippen molar-refractivity contribution in [1.29, 1.82) is 0 Å². The minimum Gasteiger partial charge on any atom is -0.294 e. The third-order valence-corrected chi connectivity index (χ3v) is 4.04. The molecular weight excluding hydrogens is 252 g/mol. The second kappa shape index (κ2) is 5.45. The monoisotopic (exact) mass is 268 g/mol. The van der Waals surface area contributed by atoms with E-state index in [2.05, 4.69) is 29.8 Å². The molecule has 0 aliphatic rings. The number of hydrogen-bond acceptors (Lipinski definition) is 1. The maximum Gasteiger partial charge on any atom is 0.162 e. The third kappa shape index (κ3) is 3.16. The molecule has 2 heteroatoms. The first-order chi connectivity index (χ1) is 7.06. The first-order valence-electron chi connectivity index (χ1n) is 5.33. The molecule has 1 unspecified atom stereocenters. The second-order valence-corrected chi connectivity index (χ2v) is 5.03. The summed E-state index contributed by atoms with van der Waals surface area (Å²) in [6.07, 6.45) is 0.571. The van der Waals surface area contributed by atoms with Gasteiger partial charge in [-0.1, -0.05) is 61.0 Å². The highest BCUT2D eigenvalue weighted by atomic mass is 79.9. The molecular formula is C13H17BrO. The van der Waals surface area contributed by atoms with Crippen molar-refractivity contribution < 1.29 is 4.79 Å². The average molecular weight is 269 g/mol. The molecule has 0 fully saturated rings. The fourth-order valence-electron chi connectivity index (χ4n) is 1.44. The molecule has 1 rings (SSSR count). The van der Waals surface area contributed by atoms with E-state index in [0.717, 1.165) is 5.56 Å². The van der Waals surface area contributed by atoms with E-state index in [9.17, 15) is 4.79 Å². The Morgan fingerprint density at radius 3 is 2.20 bits per heavy atom. The van der Waals surface area contributed by atoms with Crippen molar-refractivity contribution in [3.8, 4) is 0 Å². The van der Waals surface area contributed by atoms with E-state index in [-0.39, 0.29) is 5.78 Å². The Kier molecular flexibility index (Phi) is 4.52. The Balaban J connectivity index is 2.85. The van der Waals surface area contributed by atoms with Crippen molar-refractivity contribution >= 4 is 21.7 Å². The number of hydrogen-bond donors (Lipinski definition) is 0. The molecule has 0 bridgehead atoms. The molecule has 0 N–H and O–H groups in total. The zero-order valence-corrected chi connectivity index (χ0v) is 11.0. The molecule has 0 heterocycles. The lowest BCUT2D eigenvalue weighted by atomic mass is 10.00. The molecule has 1 atom stereocenters. The van der Waals surface area contributed by atoms with E-state index < -0.39 is 0 Å². The normalized spacial score (nSPS) is 12.9. The SMILES string of the molecule is CCC(=O)c1ccc(C(Br)C(C)C)cc1. The summed E-state index contributed by atoms with van der Waals surface area (Å²) in [4.78, 5) is 11.8. The van der Waals surface area contributed by atoms with Crippen LogP contribution < -0.4 is 0 Å². The topological polar surface area (TPSA) is 17.1 Å². The van der Waals surface area contributed by atoms with E-state index in [1.165, 1.54) is 5.56 Å². The quantitative estimate of drug-likeness (QED) is 0.586. The van der Waals surface area contributed by atoms with Gasteiger partial charge in [0.1, 0.15) is 0 Å². The van der Waals surface area contributed by atoms with Crippen LogP contribution in [-0.4, -0.2) is 5.78 Å². The third-order valence-electron chi connectivity index (χ3n) is 2.46. The van der Waals surface area contributed by atoms with Crippen molar-refractivity contribution in [1.82, 2.24) is 0 Å². The number of alkyl halides is 1. The first kappa shape index (κ1) is 12.4. The van der Waals surface area contributed by atoms with Crippen LogP contribution in [0.15, 0.2) is 24.3 Å². The number of halogens is 1. The van der Waals surface area contributed by atoms with Gasteiger partial charge in [0.15, 0.2) is 5.78 Å². The van der Waals surface area contributed by atoms with Crippen molar-refractivity contribution in [2.75, 3.05) is 0 Å². The van der Waals surface area contributed by atoms with Crippen LogP contribution >= 0.6 is 15.9 Å². The average Bonchev–Trinajstić information content (AvgIpc) is 2.27. The Morgan fingerprint density at radius 2 is 1.80 bits per heavy atom. The van der Waals surface area contributed by atoms with Gasteiger partial charge in [-0.25, -0.2) is 0 Å². The van der Waals surface area contributed by atoms with Crippen LogP contribution in [0.1, 0.15) is 47.9 Å². The van der Waals surface area contributed by atoms with Crippen LogP contribution in [0.3, 0.4) is 0 Å². The summed E-state index contributed by atoms with van der Waals surface area (Å²) in [7, 11) is 0. The summed E-state index contributed by atoms with van der Waals surface area (Å²) in [5.74, 6) is 0.759. The van der Waals surface area contributed by atoms with Crippen molar-refractivity contribution in [2.24, 2.45) is 5.92 Å². The highest BCUT2D eigenvalue weighted by Crippen LogP contribution is 2.30. The number of rotatable bonds is 4. The minimum atomic E-state index is 0.206. The molecule has 0 saturated heterocycles. The smallest absolute Gasteiger partial charge is 0.162 e. The standard InChI is InChI=1S/C13H17BrO/c1-4-12(15)10-5-7-11(8-6-10)13(14)9(2)3/h5-9,13H,4H2,1-3H3. The molecule has 0 aliphatic carbocycles. The van der Waals surface area contributed by atoms with Gasteiger partial charge in [-0.05, 0) is 11.5 Å². The molecule has 82 valence electrons. The summed E-state index contributed by atoms with van der Waals surface area (Å²) in [6.45, 7) is 6.23. The first-order valence-corrected chi connectivity index (χ1v) is 6.25. The van der Waals surface area contributed by atoms with Gasteiger partial charge in [0, 0.05) is 16.8 Å². The molecule has 0 amide bonds. The molecule has 0 spiro atoms. The number of ketones is 1. The summed E-state index contributed by atoms with van der Waals surface area (Å²) in [5.41, 5.74) is 2.04. The fraction of sp³-hybridized carbons (Fsp3) is 0.462. The summed E-state index contributed by atoms with van der Waals surface area (Å²) in [5, 5.41) is 0. The molecule has 15 heavy (non-hydrogen) atoms. The van der Waals surface area contributed by atoms with Gasteiger partial charge in [0.2, 0.25) is 0 Å². The highest BCUT2D eigenvalue weighted by Gasteiger charge is 2.12. The van der Waals surface area contributed by atoms with Crippen LogP contribution in [0.2, 0.25) is 0 Å². The second-order valence-electron chi connectivity index (χ2n) is 4.04. The van der Waals surface area contributed by atoms with E-state index in [1.807, 2.05) is 31.2 Å². The minimum absolute atomic E-state index is 0.206. The number of carbonyl (C=O) groups excluding carboxylic acids is 1. The molecule has 0 radical (unpaired) electrons. The fourth-order valence-corrected chi connectivity index (χ4v) is 1.75. The molecule has 0 aromatic heterocycles. The zero-order chi connectivity index (χ0) is 11.4.